The van der Waals surface area contributed by atoms with E-state index in [1.807, 2.05) is 0 Å². The molecule has 1 aromatic carbocycles. The highest BCUT2D eigenvalue weighted by atomic mass is 16.3. The second kappa shape index (κ2) is 7.09. The average Bonchev–Trinajstić information content (AvgIpc) is 2.47. The zero-order chi connectivity index (χ0) is 13.7. The van der Waals surface area contributed by atoms with Crippen LogP contribution in [0.25, 0.3) is 0 Å². The smallest absolute Gasteiger partial charge is 0.0818 e. The lowest BCUT2D eigenvalue weighted by Gasteiger charge is -2.24. The lowest BCUT2D eigenvalue weighted by atomic mass is 9.85. The van der Waals surface area contributed by atoms with Gasteiger partial charge >= 0.3 is 0 Å². The molecule has 0 heterocycles. The van der Waals surface area contributed by atoms with Crippen molar-refractivity contribution in [2.45, 2.75) is 71.3 Å². The summed E-state index contributed by atoms with van der Waals surface area (Å²) >= 11 is 0. The maximum Gasteiger partial charge on any atom is 0.0818 e. The minimum absolute atomic E-state index is 0.274. The molecule has 0 radical (unpaired) electrons. The molecule has 106 valence electrons. The van der Waals surface area contributed by atoms with E-state index in [2.05, 4.69) is 32.0 Å². The van der Waals surface area contributed by atoms with Crippen LogP contribution in [0.1, 0.15) is 75.2 Å². The van der Waals surface area contributed by atoms with Crippen LogP contribution in [0.4, 0.5) is 0 Å². The van der Waals surface area contributed by atoms with E-state index in [0.717, 1.165) is 18.4 Å². The number of aliphatic hydroxyl groups is 1. The Labute approximate surface area is 118 Å². The summed E-state index contributed by atoms with van der Waals surface area (Å²) in [6.07, 6.45) is 9.42. The number of rotatable bonds is 6. The van der Waals surface area contributed by atoms with Crippen molar-refractivity contribution >= 4 is 0 Å². The molecule has 0 spiro atoms. The van der Waals surface area contributed by atoms with Crippen molar-refractivity contribution in [2.24, 2.45) is 5.92 Å². The van der Waals surface area contributed by atoms with Crippen LogP contribution in [0.5, 0.6) is 0 Å². The first-order valence-corrected chi connectivity index (χ1v) is 8.06. The zero-order valence-electron chi connectivity index (χ0n) is 12.5. The fourth-order valence-corrected chi connectivity index (χ4v) is 3.26. The van der Waals surface area contributed by atoms with Gasteiger partial charge in [-0.1, -0.05) is 51.3 Å². The minimum Gasteiger partial charge on any atom is -0.388 e. The summed E-state index contributed by atoms with van der Waals surface area (Å²) in [6, 6.07) is 6.68. The second-order valence-corrected chi connectivity index (χ2v) is 5.99. The summed E-state index contributed by atoms with van der Waals surface area (Å²) in [4.78, 5) is 0. The molecule has 2 rings (SSSR count). The molecule has 2 atom stereocenters. The molecule has 1 aliphatic rings. The molecule has 0 amide bonds. The van der Waals surface area contributed by atoms with Crippen LogP contribution in [0.15, 0.2) is 18.2 Å². The number of hydrogen-bond acceptors (Lipinski definition) is 1. The van der Waals surface area contributed by atoms with Gasteiger partial charge in [-0.25, -0.2) is 0 Å². The van der Waals surface area contributed by atoms with Crippen LogP contribution in [-0.4, -0.2) is 5.11 Å². The van der Waals surface area contributed by atoms with Gasteiger partial charge in [0.2, 0.25) is 0 Å². The zero-order valence-corrected chi connectivity index (χ0v) is 12.5. The Kier molecular flexibility index (Phi) is 5.45. The molecule has 0 bridgehead atoms. The molecule has 1 aromatic rings. The summed E-state index contributed by atoms with van der Waals surface area (Å²) in [5.74, 6) is 0.418. The van der Waals surface area contributed by atoms with E-state index < -0.39 is 0 Å². The van der Waals surface area contributed by atoms with Crippen LogP contribution in [0, 0.1) is 5.92 Å². The number of aryl methyl sites for hydroxylation is 2. The van der Waals surface area contributed by atoms with Gasteiger partial charge in [0.15, 0.2) is 0 Å². The molecule has 1 N–H and O–H groups in total. The van der Waals surface area contributed by atoms with Gasteiger partial charge in [0.1, 0.15) is 0 Å². The normalized spacial score (nSPS) is 17.8. The highest BCUT2D eigenvalue weighted by molar-refractivity contribution is 5.35. The quantitative estimate of drug-likeness (QED) is 0.778. The summed E-state index contributed by atoms with van der Waals surface area (Å²) in [5.41, 5.74) is 4.13. The SMILES string of the molecule is CCCCC(CC)C(O)c1ccc2c(c1)CCCC2. The molecule has 0 aliphatic heterocycles. The van der Waals surface area contributed by atoms with Gasteiger partial charge in [-0.2, -0.15) is 0 Å². The van der Waals surface area contributed by atoms with Crippen LogP contribution >= 0.6 is 0 Å². The molecule has 19 heavy (non-hydrogen) atoms. The third-order valence-electron chi connectivity index (χ3n) is 4.61. The average molecular weight is 260 g/mol. The van der Waals surface area contributed by atoms with E-state index in [-0.39, 0.29) is 6.10 Å². The molecule has 0 saturated carbocycles. The highest BCUT2D eigenvalue weighted by Gasteiger charge is 2.20. The van der Waals surface area contributed by atoms with E-state index in [0.29, 0.717) is 5.92 Å². The summed E-state index contributed by atoms with van der Waals surface area (Å²) in [5, 5.41) is 10.6. The standard InChI is InChI=1S/C18H28O/c1-3-5-8-14(4-2)18(19)17-12-11-15-9-6-7-10-16(15)13-17/h11-14,18-19H,3-10H2,1-2H3. The molecular formula is C18H28O. The van der Waals surface area contributed by atoms with E-state index in [1.54, 1.807) is 0 Å². The van der Waals surface area contributed by atoms with Gasteiger partial charge in [0, 0.05) is 0 Å². The van der Waals surface area contributed by atoms with Gasteiger partial charge in [0.25, 0.3) is 0 Å². The summed E-state index contributed by atoms with van der Waals surface area (Å²) in [6.45, 7) is 4.42. The first-order chi connectivity index (χ1) is 9.26. The Balaban J connectivity index is 2.11. The van der Waals surface area contributed by atoms with Gasteiger partial charge < -0.3 is 5.11 Å². The van der Waals surface area contributed by atoms with Gasteiger partial charge in [-0.15, -0.1) is 0 Å². The van der Waals surface area contributed by atoms with Crippen LogP contribution in [0.3, 0.4) is 0 Å². The second-order valence-electron chi connectivity index (χ2n) is 5.99. The lowest BCUT2D eigenvalue weighted by molar-refractivity contribution is 0.0988. The number of benzene rings is 1. The fraction of sp³-hybridized carbons (Fsp3) is 0.667. The van der Waals surface area contributed by atoms with Crippen molar-refractivity contribution in [3.8, 4) is 0 Å². The fourth-order valence-electron chi connectivity index (χ4n) is 3.26. The van der Waals surface area contributed by atoms with Crippen molar-refractivity contribution < 1.29 is 5.11 Å². The largest absolute Gasteiger partial charge is 0.388 e. The van der Waals surface area contributed by atoms with Gasteiger partial charge in [-0.05, 0) is 54.7 Å². The molecule has 0 saturated heterocycles. The topological polar surface area (TPSA) is 20.2 Å². The molecule has 1 aliphatic carbocycles. The molecule has 1 nitrogen and oxygen atoms in total. The van der Waals surface area contributed by atoms with Gasteiger partial charge in [-0.3, -0.25) is 0 Å². The number of aliphatic hydroxyl groups excluding tert-OH is 1. The first-order valence-electron chi connectivity index (χ1n) is 8.06. The van der Waals surface area contributed by atoms with Crippen molar-refractivity contribution in [1.29, 1.82) is 0 Å². The Hall–Kier alpha value is -0.820. The minimum atomic E-state index is -0.274. The molecule has 1 heteroatoms. The number of fused-ring (bicyclic) bond motifs is 1. The van der Waals surface area contributed by atoms with Crippen LogP contribution < -0.4 is 0 Å². The lowest BCUT2D eigenvalue weighted by Crippen LogP contribution is -2.13. The number of hydrogen-bond donors (Lipinski definition) is 1. The Bertz CT molecular complexity index is 397. The molecular weight excluding hydrogens is 232 g/mol. The maximum atomic E-state index is 10.6. The first kappa shape index (κ1) is 14.6. The van der Waals surface area contributed by atoms with E-state index in [1.165, 1.54) is 49.7 Å². The van der Waals surface area contributed by atoms with Crippen molar-refractivity contribution in [3.63, 3.8) is 0 Å². The maximum absolute atomic E-state index is 10.6. The third kappa shape index (κ3) is 3.60. The van der Waals surface area contributed by atoms with Crippen LogP contribution in [-0.2, 0) is 12.8 Å². The molecule has 2 unspecified atom stereocenters. The summed E-state index contributed by atoms with van der Waals surface area (Å²) < 4.78 is 0. The van der Waals surface area contributed by atoms with Crippen molar-refractivity contribution in [3.05, 3.63) is 34.9 Å². The summed E-state index contributed by atoms with van der Waals surface area (Å²) in [7, 11) is 0. The Morgan fingerprint density at radius 2 is 1.84 bits per heavy atom. The predicted octanol–water partition coefficient (Wildman–Crippen LogP) is 4.82. The van der Waals surface area contributed by atoms with Crippen LogP contribution in [0.2, 0.25) is 0 Å². The predicted molar refractivity (Wildman–Crippen MR) is 81.3 cm³/mol. The third-order valence-corrected chi connectivity index (χ3v) is 4.61. The van der Waals surface area contributed by atoms with E-state index in [4.69, 9.17) is 0 Å². The van der Waals surface area contributed by atoms with E-state index >= 15 is 0 Å². The monoisotopic (exact) mass is 260 g/mol. The molecule has 0 fully saturated rings. The highest BCUT2D eigenvalue weighted by Crippen LogP contribution is 2.31. The van der Waals surface area contributed by atoms with Gasteiger partial charge in [0.05, 0.1) is 6.10 Å². The molecule has 0 aromatic heterocycles. The Morgan fingerprint density at radius 3 is 2.53 bits per heavy atom. The number of unbranched alkanes of at least 4 members (excludes halogenated alkanes) is 1. The Morgan fingerprint density at radius 1 is 1.11 bits per heavy atom. The van der Waals surface area contributed by atoms with Crippen molar-refractivity contribution in [1.82, 2.24) is 0 Å². The van der Waals surface area contributed by atoms with Crippen molar-refractivity contribution in [2.75, 3.05) is 0 Å². The van der Waals surface area contributed by atoms with E-state index in [9.17, 15) is 5.11 Å².